The molecule has 136 valence electrons. The molecule has 3 aromatic rings. The highest BCUT2D eigenvalue weighted by Gasteiger charge is 2.24. The molecule has 0 saturated heterocycles. The second kappa shape index (κ2) is 6.49. The predicted octanol–water partition coefficient (Wildman–Crippen LogP) is 4.36. The molecule has 0 aliphatic heterocycles. The van der Waals surface area contributed by atoms with Crippen molar-refractivity contribution < 1.29 is 22.7 Å². The van der Waals surface area contributed by atoms with Crippen LogP contribution in [0.1, 0.15) is 41.3 Å². The van der Waals surface area contributed by atoms with Crippen LogP contribution < -0.4 is 4.72 Å². The lowest BCUT2D eigenvalue weighted by Crippen LogP contribution is -2.13. The van der Waals surface area contributed by atoms with E-state index in [1.165, 1.54) is 24.3 Å². The summed E-state index contributed by atoms with van der Waals surface area (Å²) in [5.41, 5.74) is 2.25. The van der Waals surface area contributed by atoms with Crippen LogP contribution in [0.5, 0.6) is 0 Å². The maximum Gasteiger partial charge on any atom is 0.335 e. The number of nitrogens with one attached hydrogen (secondary N) is 1. The van der Waals surface area contributed by atoms with E-state index >= 15 is 0 Å². The first-order valence-corrected chi connectivity index (χ1v) is 9.56. The Balaban J connectivity index is 2.03. The van der Waals surface area contributed by atoms with Crippen LogP contribution in [0, 0.1) is 6.92 Å². The van der Waals surface area contributed by atoms with Crippen LogP contribution in [-0.2, 0) is 10.0 Å². The van der Waals surface area contributed by atoms with Crippen molar-refractivity contribution in [1.29, 1.82) is 0 Å². The summed E-state index contributed by atoms with van der Waals surface area (Å²) in [6, 6.07) is 11.2. The van der Waals surface area contributed by atoms with Crippen molar-refractivity contribution in [3.63, 3.8) is 0 Å². The van der Waals surface area contributed by atoms with Gasteiger partial charge in [-0.25, -0.2) is 4.79 Å². The molecule has 6 nitrogen and oxygen atoms in total. The molecule has 1 aromatic heterocycles. The van der Waals surface area contributed by atoms with Gasteiger partial charge in [-0.3, -0.25) is 4.72 Å². The second-order valence-corrected chi connectivity index (χ2v) is 8.00. The van der Waals surface area contributed by atoms with Crippen molar-refractivity contribution in [1.82, 2.24) is 0 Å². The zero-order valence-electron chi connectivity index (χ0n) is 14.6. The Hall–Kier alpha value is -2.80. The topological polar surface area (TPSA) is 96.6 Å². The fourth-order valence-corrected chi connectivity index (χ4v) is 3.99. The zero-order chi connectivity index (χ0) is 19.1. The summed E-state index contributed by atoms with van der Waals surface area (Å²) in [5.74, 6) is -0.821. The van der Waals surface area contributed by atoms with Crippen LogP contribution in [0.15, 0.2) is 52.0 Å². The summed E-state index contributed by atoms with van der Waals surface area (Å²) < 4.78 is 33.4. The van der Waals surface area contributed by atoms with Crippen LogP contribution in [0.2, 0.25) is 0 Å². The molecule has 0 aliphatic rings. The quantitative estimate of drug-likeness (QED) is 0.692. The highest BCUT2D eigenvalue weighted by molar-refractivity contribution is 7.92. The molecular formula is C19H19NO5S. The Morgan fingerprint density at radius 3 is 2.54 bits per heavy atom. The number of sulfonamides is 1. The van der Waals surface area contributed by atoms with Crippen LogP contribution >= 0.6 is 0 Å². The highest BCUT2D eigenvalue weighted by atomic mass is 32.2. The largest absolute Gasteiger partial charge is 0.478 e. The fraction of sp³-hybridized carbons (Fsp3) is 0.211. The fourth-order valence-electron chi connectivity index (χ4n) is 2.75. The van der Waals surface area contributed by atoms with E-state index in [0.717, 1.165) is 10.9 Å². The van der Waals surface area contributed by atoms with Gasteiger partial charge in [-0.1, -0.05) is 26.0 Å². The Morgan fingerprint density at radius 1 is 1.15 bits per heavy atom. The number of rotatable bonds is 5. The molecule has 3 rings (SSSR count). The molecule has 0 saturated carbocycles. The number of carbonyl (C=O) groups is 1. The summed E-state index contributed by atoms with van der Waals surface area (Å²) in [4.78, 5) is 11.1. The van der Waals surface area contributed by atoms with E-state index < -0.39 is 16.0 Å². The molecule has 0 aliphatic carbocycles. The third kappa shape index (κ3) is 3.30. The summed E-state index contributed by atoms with van der Waals surface area (Å²) >= 11 is 0. The van der Waals surface area contributed by atoms with E-state index in [1.54, 1.807) is 13.0 Å². The van der Waals surface area contributed by atoms with Crippen molar-refractivity contribution in [3.05, 3.63) is 59.2 Å². The van der Waals surface area contributed by atoms with Crippen LogP contribution in [0.4, 0.5) is 5.69 Å². The number of anilines is 1. The first-order valence-electron chi connectivity index (χ1n) is 8.08. The highest BCUT2D eigenvalue weighted by Crippen LogP contribution is 2.32. The molecule has 0 spiro atoms. The SMILES string of the molecule is Cc1c(S(=O)(=O)Nc2cccc(C(=O)O)c2)oc2ccc(C(C)C)cc12. The van der Waals surface area contributed by atoms with Gasteiger partial charge in [-0.15, -0.1) is 0 Å². The number of furan rings is 1. The lowest BCUT2D eigenvalue weighted by Gasteiger charge is -2.07. The van der Waals surface area contributed by atoms with Gasteiger partial charge in [0, 0.05) is 16.6 Å². The number of hydrogen-bond acceptors (Lipinski definition) is 4. The Kier molecular flexibility index (Phi) is 4.50. The molecule has 0 radical (unpaired) electrons. The van der Waals surface area contributed by atoms with Gasteiger partial charge in [0.2, 0.25) is 5.09 Å². The minimum absolute atomic E-state index is 0.00639. The van der Waals surface area contributed by atoms with E-state index in [0.29, 0.717) is 17.1 Å². The lowest BCUT2D eigenvalue weighted by atomic mass is 10.0. The van der Waals surface area contributed by atoms with Gasteiger partial charge >= 0.3 is 5.97 Å². The van der Waals surface area contributed by atoms with Gasteiger partial charge in [0.25, 0.3) is 10.0 Å². The molecule has 1 heterocycles. The molecule has 2 aromatic carbocycles. The van der Waals surface area contributed by atoms with Gasteiger partial charge in [0.05, 0.1) is 5.56 Å². The predicted molar refractivity (Wildman–Crippen MR) is 99.2 cm³/mol. The minimum atomic E-state index is -3.99. The van der Waals surface area contributed by atoms with Crippen LogP contribution in [-0.4, -0.2) is 19.5 Å². The first kappa shape index (κ1) is 18.0. The van der Waals surface area contributed by atoms with Crippen molar-refractivity contribution in [2.75, 3.05) is 4.72 Å². The summed E-state index contributed by atoms with van der Waals surface area (Å²) in [5, 5.41) is 9.61. The number of carboxylic acid groups (broad SMARTS) is 1. The normalized spacial score (nSPS) is 11.8. The maximum atomic E-state index is 12.7. The smallest absolute Gasteiger partial charge is 0.335 e. The number of hydrogen-bond donors (Lipinski definition) is 2. The molecule has 0 bridgehead atoms. The van der Waals surface area contributed by atoms with Crippen molar-refractivity contribution >= 4 is 32.6 Å². The van der Waals surface area contributed by atoms with Gasteiger partial charge in [0.15, 0.2) is 0 Å². The third-order valence-corrected chi connectivity index (χ3v) is 5.57. The van der Waals surface area contributed by atoms with Crippen molar-refractivity contribution in [2.24, 2.45) is 0 Å². The zero-order valence-corrected chi connectivity index (χ0v) is 15.4. The number of aromatic carboxylic acids is 1. The van der Waals surface area contributed by atoms with Gasteiger partial charge in [0.1, 0.15) is 5.58 Å². The molecule has 0 fully saturated rings. The Bertz CT molecular complexity index is 1100. The van der Waals surface area contributed by atoms with E-state index in [9.17, 15) is 13.2 Å². The summed E-state index contributed by atoms with van der Waals surface area (Å²) in [7, 11) is -3.99. The monoisotopic (exact) mass is 373 g/mol. The average Bonchev–Trinajstić information content (AvgIpc) is 2.92. The van der Waals surface area contributed by atoms with E-state index in [4.69, 9.17) is 9.52 Å². The average molecular weight is 373 g/mol. The van der Waals surface area contributed by atoms with Crippen LogP contribution in [0.3, 0.4) is 0 Å². The number of aryl methyl sites for hydroxylation is 1. The molecule has 7 heteroatoms. The van der Waals surface area contributed by atoms with Crippen LogP contribution in [0.25, 0.3) is 11.0 Å². The second-order valence-electron chi connectivity index (χ2n) is 6.42. The lowest BCUT2D eigenvalue weighted by molar-refractivity contribution is 0.0697. The Labute approximate surface area is 151 Å². The van der Waals surface area contributed by atoms with Gasteiger partial charge in [-0.2, -0.15) is 8.42 Å². The molecule has 0 atom stereocenters. The van der Waals surface area contributed by atoms with Crippen molar-refractivity contribution in [2.45, 2.75) is 31.8 Å². The minimum Gasteiger partial charge on any atom is -0.478 e. The number of fused-ring (bicyclic) bond motifs is 1. The number of carboxylic acids is 1. The van der Waals surface area contributed by atoms with Gasteiger partial charge < -0.3 is 9.52 Å². The number of benzene rings is 2. The molecule has 0 amide bonds. The molecule has 26 heavy (non-hydrogen) atoms. The molecular weight excluding hydrogens is 354 g/mol. The first-order chi connectivity index (χ1) is 12.2. The van der Waals surface area contributed by atoms with Crippen molar-refractivity contribution in [3.8, 4) is 0 Å². The van der Waals surface area contributed by atoms with E-state index in [-0.39, 0.29) is 16.3 Å². The Morgan fingerprint density at radius 2 is 1.88 bits per heavy atom. The van der Waals surface area contributed by atoms with E-state index in [2.05, 4.69) is 18.6 Å². The molecule has 0 unspecified atom stereocenters. The van der Waals surface area contributed by atoms with E-state index in [1.807, 2.05) is 12.1 Å². The standard InChI is InChI=1S/C19H19NO5S/c1-11(2)13-7-8-17-16(10-13)12(3)19(25-17)26(23,24)20-15-6-4-5-14(9-15)18(21)22/h4-11,20H,1-3H3,(H,21,22). The van der Waals surface area contributed by atoms with Gasteiger partial charge in [-0.05, 0) is 48.7 Å². The third-order valence-electron chi connectivity index (χ3n) is 4.19. The summed E-state index contributed by atoms with van der Waals surface area (Å²) in [6.07, 6.45) is 0. The summed E-state index contributed by atoms with van der Waals surface area (Å²) in [6.45, 7) is 5.81. The maximum absolute atomic E-state index is 12.7. The molecule has 2 N–H and O–H groups in total.